The van der Waals surface area contributed by atoms with E-state index in [0.29, 0.717) is 44.2 Å². The molecule has 90 valence electrons. The van der Waals surface area contributed by atoms with Gasteiger partial charge in [-0.3, -0.25) is 4.79 Å². The molecule has 1 rings (SSSR count). The maximum atomic E-state index is 10.5. The second-order valence-corrected chi connectivity index (χ2v) is 3.27. The van der Waals surface area contributed by atoms with E-state index < -0.39 is 0 Å². The van der Waals surface area contributed by atoms with E-state index in [1.807, 2.05) is 4.90 Å². The van der Waals surface area contributed by atoms with Crippen LogP contribution in [0, 0.1) is 0 Å². The predicted molar refractivity (Wildman–Crippen MR) is 60.1 cm³/mol. The van der Waals surface area contributed by atoms with Crippen molar-refractivity contribution in [3.8, 4) is 0 Å². The predicted octanol–water partition coefficient (Wildman–Crippen LogP) is 1.19. The van der Waals surface area contributed by atoms with Crippen LogP contribution in [0.25, 0.3) is 0 Å². The van der Waals surface area contributed by atoms with Crippen molar-refractivity contribution < 1.29 is 18.7 Å². The molecule has 0 aliphatic heterocycles. The standard InChI is InChI=1S/C11H17NO4/c1-14-7-5-12(6-8-15-2)11-4-3-10(9-13)16-11/h3-4,9H,5-8H2,1-2H3. The Morgan fingerprint density at radius 1 is 1.25 bits per heavy atom. The molecule has 1 aromatic rings. The molecule has 0 amide bonds. The van der Waals surface area contributed by atoms with Gasteiger partial charge in [0.2, 0.25) is 0 Å². The lowest BCUT2D eigenvalue weighted by molar-refractivity contribution is 0.110. The van der Waals surface area contributed by atoms with Crippen LogP contribution in [0.5, 0.6) is 0 Å². The summed E-state index contributed by atoms with van der Waals surface area (Å²) in [5.74, 6) is 0.992. The van der Waals surface area contributed by atoms with Crippen molar-refractivity contribution in [1.82, 2.24) is 0 Å². The second kappa shape index (κ2) is 7.03. The molecule has 1 heterocycles. The third-order valence-electron chi connectivity index (χ3n) is 2.17. The SMILES string of the molecule is COCCN(CCOC)c1ccc(C=O)o1. The topological polar surface area (TPSA) is 51.9 Å². The first-order chi connectivity index (χ1) is 7.81. The van der Waals surface area contributed by atoms with Gasteiger partial charge in [-0.15, -0.1) is 0 Å². The van der Waals surface area contributed by atoms with E-state index in [9.17, 15) is 4.79 Å². The maximum Gasteiger partial charge on any atom is 0.196 e. The van der Waals surface area contributed by atoms with E-state index in [0.717, 1.165) is 0 Å². The van der Waals surface area contributed by atoms with Crippen LogP contribution in [0.4, 0.5) is 5.88 Å². The minimum Gasteiger partial charge on any atom is -0.438 e. The highest BCUT2D eigenvalue weighted by Gasteiger charge is 2.10. The van der Waals surface area contributed by atoms with Gasteiger partial charge in [-0.1, -0.05) is 0 Å². The Morgan fingerprint density at radius 3 is 2.31 bits per heavy atom. The normalized spacial score (nSPS) is 10.4. The number of carbonyl (C=O) groups excluding carboxylic acids is 1. The fourth-order valence-corrected chi connectivity index (χ4v) is 1.31. The number of aldehydes is 1. The number of methoxy groups -OCH3 is 2. The Morgan fingerprint density at radius 2 is 1.88 bits per heavy atom. The van der Waals surface area contributed by atoms with Gasteiger partial charge < -0.3 is 18.8 Å². The Balaban J connectivity index is 2.62. The smallest absolute Gasteiger partial charge is 0.196 e. The van der Waals surface area contributed by atoms with Crippen LogP contribution in [-0.2, 0) is 9.47 Å². The molecule has 0 unspecified atom stereocenters. The van der Waals surface area contributed by atoms with Crippen molar-refractivity contribution in [2.75, 3.05) is 45.4 Å². The molecule has 0 aliphatic carbocycles. The first-order valence-corrected chi connectivity index (χ1v) is 5.09. The summed E-state index contributed by atoms with van der Waals surface area (Å²) >= 11 is 0. The monoisotopic (exact) mass is 227 g/mol. The minimum absolute atomic E-state index is 0.329. The van der Waals surface area contributed by atoms with Crippen LogP contribution < -0.4 is 4.90 Å². The summed E-state index contributed by atoms with van der Waals surface area (Å²) in [6, 6.07) is 3.42. The van der Waals surface area contributed by atoms with Crippen LogP contribution in [0.1, 0.15) is 10.6 Å². The minimum atomic E-state index is 0.329. The molecule has 0 aromatic carbocycles. The quantitative estimate of drug-likeness (QED) is 0.624. The summed E-state index contributed by atoms with van der Waals surface area (Å²) in [5.41, 5.74) is 0. The highest BCUT2D eigenvalue weighted by Crippen LogP contribution is 2.17. The highest BCUT2D eigenvalue weighted by molar-refractivity contribution is 5.71. The van der Waals surface area contributed by atoms with Gasteiger partial charge in [0.1, 0.15) is 0 Å². The molecule has 5 heteroatoms. The number of furan rings is 1. The maximum absolute atomic E-state index is 10.5. The molecule has 5 nitrogen and oxygen atoms in total. The first kappa shape index (κ1) is 12.7. The van der Waals surface area contributed by atoms with E-state index in [-0.39, 0.29) is 0 Å². The number of hydrogen-bond acceptors (Lipinski definition) is 5. The Hall–Kier alpha value is -1.33. The highest BCUT2D eigenvalue weighted by atomic mass is 16.5. The molecule has 16 heavy (non-hydrogen) atoms. The average molecular weight is 227 g/mol. The number of ether oxygens (including phenoxy) is 2. The molecule has 1 aromatic heterocycles. The van der Waals surface area contributed by atoms with Crippen LogP contribution >= 0.6 is 0 Å². The Bertz CT molecular complexity index is 303. The molecule has 0 saturated heterocycles. The summed E-state index contributed by atoms with van der Waals surface area (Å²) in [4.78, 5) is 12.5. The van der Waals surface area contributed by atoms with Crippen LogP contribution in [-0.4, -0.2) is 46.8 Å². The molecule has 0 spiro atoms. The van der Waals surface area contributed by atoms with Gasteiger partial charge in [0.25, 0.3) is 0 Å². The zero-order valence-electron chi connectivity index (χ0n) is 9.64. The van der Waals surface area contributed by atoms with Gasteiger partial charge in [0.15, 0.2) is 17.9 Å². The Kier molecular flexibility index (Phi) is 5.60. The lowest BCUT2D eigenvalue weighted by Gasteiger charge is -2.20. The first-order valence-electron chi connectivity index (χ1n) is 5.09. The fraction of sp³-hybridized carbons (Fsp3) is 0.545. The summed E-state index contributed by atoms with van der Waals surface area (Å²) in [6.45, 7) is 2.60. The third-order valence-corrected chi connectivity index (χ3v) is 2.17. The summed E-state index contributed by atoms with van der Waals surface area (Å²) in [6.07, 6.45) is 0.689. The van der Waals surface area contributed by atoms with E-state index in [1.54, 1.807) is 26.4 Å². The number of carbonyl (C=O) groups is 1. The second-order valence-electron chi connectivity index (χ2n) is 3.27. The van der Waals surface area contributed by atoms with Crippen molar-refractivity contribution in [2.24, 2.45) is 0 Å². The Labute approximate surface area is 94.9 Å². The summed E-state index contributed by atoms with van der Waals surface area (Å²) < 4.78 is 15.4. The van der Waals surface area contributed by atoms with Gasteiger partial charge in [-0.2, -0.15) is 0 Å². The van der Waals surface area contributed by atoms with Gasteiger partial charge >= 0.3 is 0 Å². The van der Waals surface area contributed by atoms with Crippen LogP contribution in [0.2, 0.25) is 0 Å². The van der Waals surface area contributed by atoms with Gasteiger partial charge in [0, 0.05) is 33.4 Å². The molecule has 0 fully saturated rings. The van der Waals surface area contributed by atoms with Gasteiger partial charge in [-0.05, 0) is 6.07 Å². The molecule has 0 aliphatic rings. The van der Waals surface area contributed by atoms with Crippen LogP contribution in [0.15, 0.2) is 16.5 Å². The van der Waals surface area contributed by atoms with E-state index >= 15 is 0 Å². The lowest BCUT2D eigenvalue weighted by Crippen LogP contribution is -2.30. The van der Waals surface area contributed by atoms with E-state index in [1.165, 1.54) is 0 Å². The average Bonchev–Trinajstić information content (AvgIpc) is 2.78. The fourth-order valence-electron chi connectivity index (χ4n) is 1.31. The van der Waals surface area contributed by atoms with Crippen LogP contribution in [0.3, 0.4) is 0 Å². The van der Waals surface area contributed by atoms with Crippen molar-refractivity contribution in [2.45, 2.75) is 0 Å². The van der Waals surface area contributed by atoms with Crippen molar-refractivity contribution in [1.29, 1.82) is 0 Å². The molecule has 0 saturated carbocycles. The number of hydrogen-bond donors (Lipinski definition) is 0. The zero-order chi connectivity index (χ0) is 11.8. The van der Waals surface area contributed by atoms with Gasteiger partial charge in [0.05, 0.1) is 13.2 Å². The number of rotatable bonds is 8. The summed E-state index contributed by atoms with van der Waals surface area (Å²) in [7, 11) is 3.29. The molecule has 0 N–H and O–H groups in total. The molecule has 0 atom stereocenters. The van der Waals surface area contributed by atoms with Crippen molar-refractivity contribution in [3.05, 3.63) is 17.9 Å². The van der Waals surface area contributed by atoms with Gasteiger partial charge in [-0.25, -0.2) is 0 Å². The molecular weight excluding hydrogens is 210 g/mol. The number of anilines is 1. The van der Waals surface area contributed by atoms with Crippen molar-refractivity contribution >= 4 is 12.2 Å². The van der Waals surface area contributed by atoms with Crippen molar-refractivity contribution in [3.63, 3.8) is 0 Å². The largest absolute Gasteiger partial charge is 0.438 e. The molecule has 0 radical (unpaired) electrons. The molecular formula is C11H17NO4. The summed E-state index contributed by atoms with van der Waals surface area (Å²) in [5, 5.41) is 0. The van der Waals surface area contributed by atoms with E-state index in [2.05, 4.69) is 0 Å². The zero-order valence-corrected chi connectivity index (χ0v) is 9.64. The number of nitrogens with zero attached hydrogens (tertiary/aromatic N) is 1. The lowest BCUT2D eigenvalue weighted by atomic mass is 10.4. The van der Waals surface area contributed by atoms with E-state index in [4.69, 9.17) is 13.9 Å². The molecule has 0 bridgehead atoms. The third kappa shape index (κ3) is 3.67.